The lowest BCUT2D eigenvalue weighted by molar-refractivity contribution is 0.584. The zero-order valence-electron chi connectivity index (χ0n) is 13.3. The predicted molar refractivity (Wildman–Crippen MR) is 108 cm³/mol. The van der Waals surface area contributed by atoms with E-state index < -0.39 is 0 Å². The first-order valence-electron chi connectivity index (χ1n) is 7.86. The number of hydrogen-bond acceptors (Lipinski definition) is 2. The van der Waals surface area contributed by atoms with Gasteiger partial charge in [-0.15, -0.1) is 24.0 Å². The Bertz CT molecular complexity index is 500. The average molecular weight is 431 g/mol. The van der Waals surface area contributed by atoms with Gasteiger partial charge in [0.05, 0.1) is 0 Å². The molecule has 122 valence electrons. The summed E-state index contributed by atoms with van der Waals surface area (Å²) in [6.45, 7) is 3.36. The van der Waals surface area contributed by atoms with Crippen molar-refractivity contribution in [3.8, 4) is 0 Å². The molecule has 1 heterocycles. The summed E-state index contributed by atoms with van der Waals surface area (Å²) in [4.78, 5) is 4.37. The monoisotopic (exact) mass is 431 g/mol. The Morgan fingerprint density at radius 3 is 2.77 bits per heavy atom. The third-order valence-corrected chi connectivity index (χ3v) is 6.03. The van der Waals surface area contributed by atoms with Crippen LogP contribution in [0.15, 0.2) is 35.3 Å². The van der Waals surface area contributed by atoms with E-state index in [1.807, 2.05) is 7.05 Å². The van der Waals surface area contributed by atoms with Crippen LogP contribution in [0, 0.1) is 0 Å². The number of aliphatic imine (C=N–C) groups is 1. The molecule has 0 spiro atoms. The first kappa shape index (κ1) is 17.9. The fourth-order valence-corrected chi connectivity index (χ4v) is 4.28. The largest absolute Gasteiger partial charge is 0.355 e. The predicted octanol–water partition coefficient (Wildman–Crippen LogP) is 3.61. The van der Waals surface area contributed by atoms with Gasteiger partial charge < -0.3 is 10.6 Å². The molecule has 5 heteroatoms. The first-order chi connectivity index (χ1) is 10.2. The van der Waals surface area contributed by atoms with Crippen LogP contribution in [0.2, 0.25) is 0 Å². The van der Waals surface area contributed by atoms with Crippen LogP contribution in [-0.4, -0.2) is 36.1 Å². The Morgan fingerprint density at radius 2 is 2.14 bits per heavy atom. The number of nitrogens with one attached hydrogen (secondary N) is 2. The number of nitrogens with zero attached hydrogens (tertiary/aromatic N) is 1. The van der Waals surface area contributed by atoms with Crippen LogP contribution in [0.3, 0.4) is 0 Å². The second kappa shape index (κ2) is 7.90. The van der Waals surface area contributed by atoms with Crippen LogP contribution in [-0.2, 0) is 0 Å². The summed E-state index contributed by atoms with van der Waals surface area (Å²) < 4.78 is 0.375. The molecule has 1 saturated carbocycles. The minimum atomic E-state index is 0. The van der Waals surface area contributed by atoms with Gasteiger partial charge in [0.15, 0.2) is 5.96 Å². The maximum atomic E-state index is 4.37. The second-order valence-electron chi connectivity index (χ2n) is 6.33. The SMILES string of the molecule is CN=C(NCC1(C)CCCS1)NC1CC1c1ccccc1.I. The average Bonchev–Trinajstić information content (AvgIpc) is 3.16. The number of hydrogen-bond donors (Lipinski definition) is 2. The van der Waals surface area contributed by atoms with E-state index in [0.717, 1.165) is 12.5 Å². The van der Waals surface area contributed by atoms with Crippen LogP contribution in [0.5, 0.6) is 0 Å². The molecule has 0 amide bonds. The minimum Gasteiger partial charge on any atom is -0.355 e. The van der Waals surface area contributed by atoms with Gasteiger partial charge in [-0.25, -0.2) is 0 Å². The molecule has 1 aliphatic heterocycles. The molecule has 1 aromatic rings. The number of halogens is 1. The lowest BCUT2D eigenvalue weighted by Gasteiger charge is -2.24. The van der Waals surface area contributed by atoms with Gasteiger partial charge in [0.2, 0.25) is 0 Å². The summed E-state index contributed by atoms with van der Waals surface area (Å²) in [5.41, 5.74) is 1.43. The molecule has 0 bridgehead atoms. The van der Waals surface area contributed by atoms with Crippen molar-refractivity contribution in [2.45, 2.75) is 42.9 Å². The van der Waals surface area contributed by atoms with E-state index in [-0.39, 0.29) is 24.0 Å². The summed E-state index contributed by atoms with van der Waals surface area (Å²) in [5, 5.41) is 7.07. The Labute approximate surface area is 155 Å². The van der Waals surface area contributed by atoms with Crippen LogP contribution in [0.4, 0.5) is 0 Å². The summed E-state index contributed by atoms with van der Waals surface area (Å²) in [7, 11) is 1.86. The van der Waals surface area contributed by atoms with E-state index in [2.05, 4.69) is 64.6 Å². The molecule has 3 rings (SSSR count). The number of thioether (sulfide) groups is 1. The molecule has 2 fully saturated rings. The third-order valence-electron chi connectivity index (χ3n) is 4.49. The standard InChI is InChI=1S/C17H25N3S.HI/c1-17(9-6-10-21-17)12-19-16(18-2)20-15-11-14(15)13-7-4-3-5-8-13;/h3-5,7-8,14-15H,6,9-12H2,1-2H3,(H2,18,19,20);1H. The van der Waals surface area contributed by atoms with Crippen LogP contribution >= 0.6 is 35.7 Å². The number of rotatable bonds is 4. The molecule has 2 aliphatic rings. The van der Waals surface area contributed by atoms with E-state index in [1.54, 1.807) is 0 Å². The van der Waals surface area contributed by atoms with E-state index in [4.69, 9.17) is 0 Å². The number of guanidine groups is 1. The highest BCUT2D eigenvalue weighted by molar-refractivity contribution is 14.0. The molecule has 1 aliphatic carbocycles. The molecule has 3 atom stereocenters. The van der Waals surface area contributed by atoms with Gasteiger partial charge in [-0.05, 0) is 37.5 Å². The maximum Gasteiger partial charge on any atom is 0.191 e. The van der Waals surface area contributed by atoms with Gasteiger partial charge in [0.1, 0.15) is 0 Å². The lowest BCUT2D eigenvalue weighted by atomic mass is 10.1. The Hall–Kier alpha value is -0.430. The van der Waals surface area contributed by atoms with Crippen molar-refractivity contribution in [1.82, 2.24) is 10.6 Å². The molecule has 3 unspecified atom stereocenters. The third kappa shape index (κ3) is 4.54. The van der Waals surface area contributed by atoms with Gasteiger partial charge >= 0.3 is 0 Å². The smallest absolute Gasteiger partial charge is 0.191 e. The highest BCUT2D eigenvalue weighted by Gasteiger charge is 2.39. The van der Waals surface area contributed by atoms with Crippen molar-refractivity contribution in [1.29, 1.82) is 0 Å². The quantitative estimate of drug-likeness (QED) is 0.435. The molecule has 0 aromatic heterocycles. The molecule has 1 saturated heterocycles. The van der Waals surface area contributed by atoms with Gasteiger partial charge in [0, 0.05) is 30.3 Å². The molecule has 22 heavy (non-hydrogen) atoms. The summed E-state index contributed by atoms with van der Waals surface area (Å²) >= 11 is 2.08. The molecule has 0 radical (unpaired) electrons. The van der Waals surface area contributed by atoms with E-state index in [1.165, 1.54) is 30.6 Å². The fraction of sp³-hybridized carbons (Fsp3) is 0.588. The summed E-state index contributed by atoms with van der Waals surface area (Å²) in [5.74, 6) is 2.89. The van der Waals surface area contributed by atoms with Crippen LogP contribution in [0.25, 0.3) is 0 Å². The highest BCUT2D eigenvalue weighted by Crippen LogP contribution is 2.40. The highest BCUT2D eigenvalue weighted by atomic mass is 127. The molecular formula is C17H26IN3S. The van der Waals surface area contributed by atoms with Crippen LogP contribution < -0.4 is 10.6 Å². The fourth-order valence-electron chi connectivity index (χ4n) is 3.04. The summed E-state index contributed by atoms with van der Waals surface area (Å²) in [6.07, 6.45) is 3.85. The maximum absolute atomic E-state index is 4.37. The molecule has 2 N–H and O–H groups in total. The first-order valence-corrected chi connectivity index (χ1v) is 8.85. The van der Waals surface area contributed by atoms with Gasteiger partial charge in [0.25, 0.3) is 0 Å². The molecule has 1 aromatic carbocycles. The Morgan fingerprint density at radius 1 is 1.36 bits per heavy atom. The minimum absolute atomic E-state index is 0. The van der Waals surface area contributed by atoms with Crippen molar-refractivity contribution < 1.29 is 0 Å². The number of benzene rings is 1. The summed E-state index contributed by atoms with van der Waals surface area (Å²) in [6, 6.07) is 11.3. The van der Waals surface area contributed by atoms with Gasteiger partial charge in [-0.1, -0.05) is 30.3 Å². The van der Waals surface area contributed by atoms with E-state index >= 15 is 0 Å². The van der Waals surface area contributed by atoms with Crippen molar-refractivity contribution in [2.24, 2.45) is 4.99 Å². The van der Waals surface area contributed by atoms with Crippen LogP contribution in [0.1, 0.15) is 37.7 Å². The Kier molecular flexibility index (Phi) is 6.44. The molecule has 3 nitrogen and oxygen atoms in total. The zero-order chi connectivity index (χ0) is 14.7. The lowest BCUT2D eigenvalue weighted by Crippen LogP contribution is -2.44. The van der Waals surface area contributed by atoms with Crippen molar-refractivity contribution in [3.63, 3.8) is 0 Å². The van der Waals surface area contributed by atoms with Crippen molar-refractivity contribution in [3.05, 3.63) is 35.9 Å². The van der Waals surface area contributed by atoms with E-state index in [0.29, 0.717) is 16.7 Å². The molecular weight excluding hydrogens is 405 g/mol. The zero-order valence-corrected chi connectivity index (χ0v) is 16.5. The van der Waals surface area contributed by atoms with Crippen molar-refractivity contribution >= 4 is 41.7 Å². The topological polar surface area (TPSA) is 36.4 Å². The van der Waals surface area contributed by atoms with Gasteiger partial charge in [-0.3, -0.25) is 4.99 Å². The van der Waals surface area contributed by atoms with Gasteiger partial charge in [-0.2, -0.15) is 11.8 Å². The normalized spacial score (nSPS) is 30.5. The second-order valence-corrected chi connectivity index (χ2v) is 8.01. The Balaban J connectivity index is 0.00000176. The van der Waals surface area contributed by atoms with E-state index in [9.17, 15) is 0 Å². The van der Waals surface area contributed by atoms with Crippen molar-refractivity contribution in [2.75, 3.05) is 19.3 Å².